The van der Waals surface area contributed by atoms with Crippen LogP contribution in [0.4, 0.5) is 0 Å². The fourth-order valence-corrected chi connectivity index (χ4v) is 3.70. The highest BCUT2D eigenvalue weighted by molar-refractivity contribution is 7.99. The maximum Gasteiger partial charge on any atom is 0.191 e. The molecule has 0 amide bonds. The topological polar surface area (TPSA) is 54.5 Å². The third-order valence-corrected chi connectivity index (χ3v) is 5.32. The first-order valence-electron chi connectivity index (χ1n) is 6.76. The Kier molecular flexibility index (Phi) is 4.08. The van der Waals surface area contributed by atoms with Crippen LogP contribution in [0.25, 0.3) is 0 Å². The number of thioether (sulfide) groups is 1. The van der Waals surface area contributed by atoms with Crippen molar-refractivity contribution in [2.45, 2.75) is 37.4 Å². The van der Waals surface area contributed by atoms with E-state index < -0.39 is 0 Å². The molecule has 4 nitrogen and oxygen atoms in total. The minimum absolute atomic E-state index is 0.0464. The van der Waals surface area contributed by atoms with Gasteiger partial charge in [-0.3, -0.25) is 0 Å². The molecule has 1 saturated carbocycles. The maximum atomic E-state index is 8.88. The fourth-order valence-electron chi connectivity index (χ4n) is 2.03. The Balaban J connectivity index is 1.77. The van der Waals surface area contributed by atoms with Gasteiger partial charge in [0.1, 0.15) is 5.82 Å². The Morgan fingerprint density at radius 3 is 3.05 bits per heavy atom. The van der Waals surface area contributed by atoms with Gasteiger partial charge in [-0.2, -0.15) is 5.26 Å². The van der Waals surface area contributed by atoms with E-state index in [1.165, 1.54) is 17.7 Å². The molecule has 1 aliphatic rings. The lowest BCUT2D eigenvalue weighted by atomic mass is 10.3. The highest BCUT2D eigenvalue weighted by atomic mass is 32.2. The van der Waals surface area contributed by atoms with Gasteiger partial charge in [0, 0.05) is 23.1 Å². The molecule has 1 aliphatic carbocycles. The molecular formula is C14H16N4S2. The number of nitriles is 1. The van der Waals surface area contributed by atoms with E-state index in [0.29, 0.717) is 6.04 Å². The molecule has 104 valence electrons. The number of hydrogen-bond acceptors (Lipinski definition) is 5. The highest BCUT2D eigenvalue weighted by Crippen LogP contribution is 2.39. The van der Waals surface area contributed by atoms with Crippen LogP contribution in [0.1, 0.15) is 36.5 Å². The smallest absolute Gasteiger partial charge is 0.191 e. The molecule has 0 unspecified atom stereocenters. The van der Waals surface area contributed by atoms with Crippen molar-refractivity contribution in [2.75, 3.05) is 5.75 Å². The second-order valence-electron chi connectivity index (χ2n) is 5.10. The van der Waals surface area contributed by atoms with E-state index in [1.54, 1.807) is 23.1 Å². The number of hydrogen-bond donors (Lipinski definition) is 0. The number of rotatable bonds is 6. The first kappa shape index (κ1) is 13.7. The van der Waals surface area contributed by atoms with Crippen molar-refractivity contribution in [1.82, 2.24) is 14.8 Å². The minimum Gasteiger partial charge on any atom is -0.303 e. The van der Waals surface area contributed by atoms with E-state index in [9.17, 15) is 0 Å². The molecule has 0 aliphatic heterocycles. The van der Waals surface area contributed by atoms with Crippen molar-refractivity contribution < 1.29 is 0 Å². The lowest BCUT2D eigenvalue weighted by Gasteiger charge is -2.08. The van der Waals surface area contributed by atoms with Crippen LogP contribution >= 0.6 is 23.1 Å². The van der Waals surface area contributed by atoms with Crippen LogP contribution in [0.2, 0.25) is 0 Å². The summed E-state index contributed by atoms with van der Waals surface area (Å²) in [6.07, 6.45) is 3.29. The molecule has 2 aromatic rings. The Bertz CT molecular complexity index is 608. The van der Waals surface area contributed by atoms with Gasteiger partial charge in [0.15, 0.2) is 5.16 Å². The van der Waals surface area contributed by atoms with Gasteiger partial charge in [0.2, 0.25) is 0 Å². The van der Waals surface area contributed by atoms with Crippen LogP contribution in [-0.2, 0) is 6.42 Å². The molecule has 1 atom stereocenters. The summed E-state index contributed by atoms with van der Waals surface area (Å²) in [4.78, 5) is 1.32. The second kappa shape index (κ2) is 5.98. The van der Waals surface area contributed by atoms with Crippen LogP contribution in [0, 0.1) is 17.2 Å². The van der Waals surface area contributed by atoms with Crippen LogP contribution in [0.15, 0.2) is 22.7 Å². The summed E-state index contributed by atoms with van der Waals surface area (Å²) in [6, 6.07) is 7.05. The van der Waals surface area contributed by atoms with Crippen molar-refractivity contribution in [3.8, 4) is 6.07 Å². The summed E-state index contributed by atoms with van der Waals surface area (Å²) in [5, 5.41) is 20.7. The zero-order chi connectivity index (χ0) is 13.9. The largest absolute Gasteiger partial charge is 0.303 e. The molecule has 20 heavy (non-hydrogen) atoms. The van der Waals surface area contributed by atoms with Crippen LogP contribution < -0.4 is 0 Å². The second-order valence-corrected chi connectivity index (χ2v) is 7.12. The van der Waals surface area contributed by atoms with Gasteiger partial charge in [-0.15, -0.1) is 21.5 Å². The van der Waals surface area contributed by atoms with E-state index in [4.69, 9.17) is 5.26 Å². The molecule has 1 fully saturated rings. The molecule has 0 aromatic carbocycles. The van der Waals surface area contributed by atoms with Gasteiger partial charge >= 0.3 is 0 Å². The van der Waals surface area contributed by atoms with Gasteiger partial charge in [-0.05, 0) is 31.2 Å². The van der Waals surface area contributed by atoms with E-state index in [-0.39, 0.29) is 5.92 Å². The highest BCUT2D eigenvalue weighted by Gasteiger charge is 2.29. The van der Waals surface area contributed by atoms with E-state index in [0.717, 1.165) is 23.2 Å². The predicted octanol–water partition coefficient (Wildman–Crippen LogP) is 3.52. The Labute approximate surface area is 126 Å². The Hall–Kier alpha value is -1.32. The van der Waals surface area contributed by atoms with E-state index >= 15 is 0 Å². The monoisotopic (exact) mass is 304 g/mol. The molecule has 2 heterocycles. The average Bonchev–Trinajstić information content (AvgIpc) is 3.01. The molecule has 3 rings (SSSR count). The molecule has 2 aromatic heterocycles. The molecule has 0 saturated heterocycles. The van der Waals surface area contributed by atoms with Crippen molar-refractivity contribution in [2.24, 2.45) is 5.92 Å². The predicted molar refractivity (Wildman–Crippen MR) is 80.9 cm³/mol. The number of thiophene rings is 1. The Morgan fingerprint density at radius 1 is 1.55 bits per heavy atom. The van der Waals surface area contributed by atoms with Crippen molar-refractivity contribution in [3.63, 3.8) is 0 Å². The number of nitrogens with zero attached hydrogens (tertiary/aromatic N) is 4. The summed E-state index contributed by atoms with van der Waals surface area (Å²) in [7, 11) is 0. The van der Waals surface area contributed by atoms with Crippen molar-refractivity contribution in [1.29, 1.82) is 5.26 Å². The third kappa shape index (κ3) is 3.05. The summed E-state index contributed by atoms with van der Waals surface area (Å²) in [5.74, 6) is 1.88. The maximum absolute atomic E-state index is 8.88. The van der Waals surface area contributed by atoms with Gasteiger partial charge in [0.25, 0.3) is 0 Å². The van der Waals surface area contributed by atoms with Crippen LogP contribution in [-0.4, -0.2) is 20.5 Å². The summed E-state index contributed by atoms with van der Waals surface area (Å²) in [5.41, 5.74) is 0. The summed E-state index contributed by atoms with van der Waals surface area (Å²) in [6.45, 7) is 1.94. The number of aromatic nitrogens is 3. The Morgan fingerprint density at radius 2 is 2.40 bits per heavy atom. The molecular weight excluding hydrogens is 288 g/mol. The van der Waals surface area contributed by atoms with Gasteiger partial charge in [-0.25, -0.2) is 0 Å². The van der Waals surface area contributed by atoms with Crippen LogP contribution in [0.5, 0.6) is 0 Å². The standard InChI is InChI=1S/C14H16N4S2/c1-10(8-15)9-20-14-17-16-13(18(14)11-4-5-11)7-12-3-2-6-19-12/h2-3,6,10-11H,4-5,7,9H2,1H3/t10-/m0/s1. The third-order valence-electron chi connectivity index (χ3n) is 3.24. The first-order chi connectivity index (χ1) is 9.78. The van der Waals surface area contributed by atoms with Crippen molar-refractivity contribution >= 4 is 23.1 Å². The molecule has 0 N–H and O–H groups in total. The van der Waals surface area contributed by atoms with Gasteiger partial charge in [-0.1, -0.05) is 17.8 Å². The van der Waals surface area contributed by atoms with Crippen molar-refractivity contribution in [3.05, 3.63) is 28.2 Å². The molecule has 6 heteroatoms. The van der Waals surface area contributed by atoms with E-state index in [1.807, 2.05) is 6.92 Å². The summed E-state index contributed by atoms with van der Waals surface area (Å²) >= 11 is 3.41. The minimum atomic E-state index is 0.0464. The molecule has 0 spiro atoms. The van der Waals surface area contributed by atoms with Crippen LogP contribution in [0.3, 0.4) is 0 Å². The average molecular weight is 304 g/mol. The zero-order valence-electron chi connectivity index (χ0n) is 11.3. The lowest BCUT2D eigenvalue weighted by molar-refractivity contribution is 0.634. The fraction of sp³-hybridized carbons (Fsp3) is 0.500. The SMILES string of the molecule is C[C@@H](C#N)CSc1nnc(Cc2cccs2)n1C1CC1. The first-order valence-corrected chi connectivity index (χ1v) is 8.63. The normalized spacial score (nSPS) is 16.0. The van der Waals surface area contributed by atoms with Gasteiger partial charge < -0.3 is 4.57 Å². The van der Waals surface area contributed by atoms with E-state index in [2.05, 4.69) is 38.3 Å². The lowest BCUT2D eigenvalue weighted by Crippen LogP contribution is -2.04. The molecule has 0 radical (unpaired) electrons. The molecule has 0 bridgehead atoms. The van der Waals surface area contributed by atoms with Gasteiger partial charge in [0.05, 0.1) is 12.0 Å². The zero-order valence-corrected chi connectivity index (χ0v) is 13.0. The quantitative estimate of drug-likeness (QED) is 0.766. The summed E-state index contributed by atoms with van der Waals surface area (Å²) < 4.78 is 2.29.